The topological polar surface area (TPSA) is 0 Å². The zero-order valence-corrected chi connectivity index (χ0v) is 12.8. The quantitative estimate of drug-likeness (QED) is 0.504. The monoisotopic (exact) mass is 234 g/mol. The molecule has 0 nitrogen and oxygen atoms in total. The van der Waals surface area contributed by atoms with E-state index in [1.54, 1.807) is 0 Å². The van der Waals surface area contributed by atoms with E-state index in [9.17, 15) is 0 Å². The van der Waals surface area contributed by atoms with Gasteiger partial charge in [-0.25, -0.2) is 0 Å². The zero-order chi connectivity index (χ0) is 14.3. The van der Waals surface area contributed by atoms with Gasteiger partial charge in [-0.15, -0.1) is 0 Å². The van der Waals surface area contributed by atoms with Crippen LogP contribution < -0.4 is 0 Å². The molecule has 0 heteroatoms. The number of rotatable bonds is 4. The van der Waals surface area contributed by atoms with Crippen molar-refractivity contribution in [2.24, 2.45) is 0 Å². The van der Waals surface area contributed by atoms with Crippen LogP contribution in [0.3, 0.4) is 0 Å². The first-order valence-electron chi connectivity index (χ1n) is 6.40. The summed E-state index contributed by atoms with van der Waals surface area (Å²) in [6.07, 6.45) is 10.0. The fraction of sp³-hybridized carbons (Fsp3) is 0.412. The summed E-state index contributed by atoms with van der Waals surface area (Å²) in [5, 5.41) is 0. The average molecular weight is 234 g/mol. The predicted molar refractivity (Wildman–Crippen MR) is 84.4 cm³/mol. The molecule has 0 fully saturated rings. The van der Waals surface area contributed by atoms with Crippen LogP contribution in [-0.4, -0.2) is 0 Å². The van der Waals surface area contributed by atoms with Gasteiger partial charge in [-0.2, -0.15) is 0 Å². The first kappa shape index (κ1) is 21.0. The van der Waals surface area contributed by atoms with Gasteiger partial charge in [-0.05, 0) is 31.9 Å². The molecule has 0 heterocycles. The highest BCUT2D eigenvalue weighted by molar-refractivity contribution is 5.39. The third-order valence-electron chi connectivity index (χ3n) is 1.61. The van der Waals surface area contributed by atoms with E-state index in [0.29, 0.717) is 0 Å². The molecule has 98 valence electrons. The van der Waals surface area contributed by atoms with Gasteiger partial charge in [0.05, 0.1) is 0 Å². The third-order valence-corrected chi connectivity index (χ3v) is 1.61. The maximum atomic E-state index is 3.95. The largest absolute Gasteiger partial charge is 0.0961 e. The molecule has 0 bridgehead atoms. The van der Waals surface area contributed by atoms with Crippen molar-refractivity contribution in [1.82, 2.24) is 0 Å². The molecular weight excluding hydrogens is 204 g/mol. The standard InChI is InChI=1S/C13H18.2C2H6/c1-6-7-8-12(4)13(5)10-9-11(2)3;2*1-2/h6-10H,2,5H2,1,3-4H3;2*1-2H3/b7-6-,10-9-,12-8+;;. The lowest BCUT2D eigenvalue weighted by atomic mass is 10.1. The first-order chi connectivity index (χ1) is 8.07. The second-order valence-electron chi connectivity index (χ2n) is 3.08. The van der Waals surface area contributed by atoms with E-state index < -0.39 is 0 Å². The second kappa shape index (κ2) is 17.1. The number of hydrogen-bond acceptors (Lipinski definition) is 0. The van der Waals surface area contributed by atoms with Crippen LogP contribution in [0.25, 0.3) is 0 Å². The van der Waals surface area contributed by atoms with E-state index >= 15 is 0 Å². The van der Waals surface area contributed by atoms with Crippen LogP contribution >= 0.6 is 0 Å². The molecule has 0 aliphatic rings. The van der Waals surface area contributed by atoms with Crippen molar-refractivity contribution < 1.29 is 0 Å². The van der Waals surface area contributed by atoms with Crippen LogP contribution in [0.5, 0.6) is 0 Å². The Morgan fingerprint density at radius 1 is 0.882 bits per heavy atom. The highest BCUT2D eigenvalue weighted by atomic mass is 13.9. The summed E-state index contributed by atoms with van der Waals surface area (Å²) < 4.78 is 0. The fourth-order valence-corrected chi connectivity index (χ4v) is 0.722. The van der Waals surface area contributed by atoms with Crippen LogP contribution in [-0.2, 0) is 0 Å². The summed E-state index contributed by atoms with van der Waals surface area (Å²) in [4.78, 5) is 0. The predicted octanol–water partition coefficient (Wildman–Crippen LogP) is 6.25. The maximum Gasteiger partial charge on any atom is -0.0299 e. The van der Waals surface area contributed by atoms with E-state index in [0.717, 1.165) is 11.1 Å². The van der Waals surface area contributed by atoms with Gasteiger partial charge in [0.25, 0.3) is 0 Å². The van der Waals surface area contributed by atoms with Crippen molar-refractivity contribution in [2.75, 3.05) is 0 Å². The Hall–Kier alpha value is -1.30. The molecule has 0 rings (SSSR count). The fourth-order valence-electron chi connectivity index (χ4n) is 0.722. The van der Waals surface area contributed by atoms with Gasteiger partial charge in [0.2, 0.25) is 0 Å². The Morgan fingerprint density at radius 3 is 1.71 bits per heavy atom. The van der Waals surface area contributed by atoms with Crippen LogP contribution in [0, 0.1) is 0 Å². The molecule has 0 saturated carbocycles. The minimum atomic E-state index is 1.03. The normalized spacial score (nSPS) is 10.4. The van der Waals surface area contributed by atoms with E-state index in [4.69, 9.17) is 0 Å². The number of allylic oxidation sites excluding steroid dienone is 8. The molecule has 0 aromatic heterocycles. The molecule has 0 aromatic rings. The van der Waals surface area contributed by atoms with Crippen molar-refractivity contribution in [1.29, 1.82) is 0 Å². The third kappa shape index (κ3) is 17.3. The molecule has 0 aromatic carbocycles. The van der Waals surface area contributed by atoms with Gasteiger partial charge >= 0.3 is 0 Å². The summed E-state index contributed by atoms with van der Waals surface area (Å²) >= 11 is 0. The Morgan fingerprint density at radius 2 is 1.35 bits per heavy atom. The van der Waals surface area contributed by atoms with Crippen molar-refractivity contribution in [3.63, 3.8) is 0 Å². The molecule has 0 unspecified atom stereocenters. The Labute approximate surface area is 109 Å². The van der Waals surface area contributed by atoms with Crippen molar-refractivity contribution in [3.05, 3.63) is 60.3 Å². The Balaban J connectivity index is -0.000000439. The zero-order valence-electron chi connectivity index (χ0n) is 12.8. The average Bonchev–Trinajstić information content (AvgIpc) is 2.37. The molecule has 0 spiro atoms. The van der Waals surface area contributed by atoms with Crippen molar-refractivity contribution in [3.8, 4) is 0 Å². The smallest absolute Gasteiger partial charge is 0.0299 e. The summed E-state index contributed by atoms with van der Waals surface area (Å²) in [5.41, 5.74) is 3.25. The molecule has 0 aliphatic heterocycles. The lowest BCUT2D eigenvalue weighted by Crippen LogP contribution is -1.77. The van der Waals surface area contributed by atoms with E-state index in [1.165, 1.54) is 5.57 Å². The summed E-state index contributed by atoms with van der Waals surface area (Å²) in [7, 11) is 0. The molecule has 0 aliphatic carbocycles. The van der Waals surface area contributed by atoms with Crippen LogP contribution in [0.2, 0.25) is 0 Å². The summed E-state index contributed by atoms with van der Waals surface area (Å²) in [5.74, 6) is 0. The lowest BCUT2D eigenvalue weighted by Gasteiger charge is -1.97. The van der Waals surface area contributed by atoms with Gasteiger partial charge in [-0.3, -0.25) is 0 Å². The highest BCUT2D eigenvalue weighted by Crippen LogP contribution is 2.09. The highest BCUT2D eigenvalue weighted by Gasteiger charge is 1.89. The second-order valence-corrected chi connectivity index (χ2v) is 3.08. The minimum absolute atomic E-state index is 1.03. The van der Waals surface area contributed by atoms with Crippen molar-refractivity contribution in [2.45, 2.75) is 48.5 Å². The van der Waals surface area contributed by atoms with Crippen LogP contribution in [0.4, 0.5) is 0 Å². The van der Waals surface area contributed by atoms with Gasteiger partial charge < -0.3 is 0 Å². The van der Waals surface area contributed by atoms with Crippen molar-refractivity contribution >= 4 is 0 Å². The molecule has 0 atom stereocenters. The molecule has 0 saturated heterocycles. The van der Waals surface area contributed by atoms with Gasteiger partial charge in [0, 0.05) is 0 Å². The Bertz CT molecular complexity index is 272. The van der Waals surface area contributed by atoms with E-state index in [1.807, 2.05) is 78.8 Å². The molecule has 0 radical (unpaired) electrons. The number of hydrogen-bond donors (Lipinski definition) is 0. The molecule has 17 heavy (non-hydrogen) atoms. The lowest BCUT2D eigenvalue weighted by molar-refractivity contribution is 1.43. The SMILES string of the molecule is C=C(C)/C=C\C(=C)/C(C)=C/C=C\C.CC.CC. The molecule has 0 amide bonds. The maximum absolute atomic E-state index is 3.95. The Kier molecular flexibility index (Phi) is 21.2. The van der Waals surface area contributed by atoms with Gasteiger partial charge in [0.15, 0.2) is 0 Å². The first-order valence-corrected chi connectivity index (χ1v) is 6.40. The van der Waals surface area contributed by atoms with Crippen LogP contribution in [0.1, 0.15) is 48.5 Å². The summed E-state index contributed by atoms with van der Waals surface area (Å²) in [6, 6.07) is 0. The summed E-state index contributed by atoms with van der Waals surface area (Å²) in [6.45, 7) is 21.7. The van der Waals surface area contributed by atoms with Crippen LogP contribution in [0.15, 0.2) is 60.3 Å². The molecule has 0 N–H and O–H groups in total. The minimum Gasteiger partial charge on any atom is -0.0961 e. The van der Waals surface area contributed by atoms with Gasteiger partial charge in [0.1, 0.15) is 0 Å². The van der Waals surface area contributed by atoms with E-state index in [2.05, 4.69) is 13.2 Å². The van der Waals surface area contributed by atoms with E-state index in [-0.39, 0.29) is 0 Å². The molecular formula is C17H30. The van der Waals surface area contributed by atoms with Gasteiger partial charge in [-0.1, -0.05) is 76.8 Å².